The molecule has 0 N–H and O–H groups in total. The van der Waals surface area contributed by atoms with E-state index >= 15 is 0 Å². The van der Waals surface area contributed by atoms with E-state index in [1.54, 1.807) is 6.07 Å². The van der Waals surface area contributed by atoms with Crippen LogP contribution in [0.15, 0.2) is 18.2 Å². The van der Waals surface area contributed by atoms with Crippen LogP contribution in [0.1, 0.15) is 50.9 Å². The predicted octanol–water partition coefficient (Wildman–Crippen LogP) is 2.70. The maximum absolute atomic E-state index is 14.5. The summed E-state index contributed by atoms with van der Waals surface area (Å²) in [6, 6.07) is 4.33. The summed E-state index contributed by atoms with van der Waals surface area (Å²) in [4.78, 5) is 13.8. The number of nitrogens with zero attached hydrogens (tertiary/aromatic N) is 1. The van der Waals surface area contributed by atoms with Crippen molar-refractivity contribution in [1.29, 1.82) is 0 Å². The maximum atomic E-state index is 14.5. The molecule has 2 aliphatic heterocycles. The molecule has 1 aromatic carbocycles. The molecule has 136 valence electrons. The number of hydrogen-bond acceptors (Lipinski definition) is 3. The van der Waals surface area contributed by atoms with E-state index < -0.39 is 36.2 Å². The Balaban J connectivity index is 1.79. The van der Waals surface area contributed by atoms with Crippen molar-refractivity contribution in [2.75, 3.05) is 13.1 Å². The van der Waals surface area contributed by atoms with E-state index in [1.165, 1.54) is 17.0 Å². The summed E-state index contributed by atoms with van der Waals surface area (Å²) >= 11 is 0. The number of likely N-dealkylation sites (tertiary alicyclic amines) is 1. The molecule has 2 fully saturated rings. The van der Waals surface area contributed by atoms with Gasteiger partial charge in [-0.05, 0) is 58.1 Å². The molecule has 25 heavy (non-hydrogen) atoms. The van der Waals surface area contributed by atoms with Crippen LogP contribution in [0.25, 0.3) is 0 Å². The number of rotatable bonds is 2. The monoisotopic (exact) mass is 351 g/mol. The van der Waals surface area contributed by atoms with E-state index in [1.807, 2.05) is 27.7 Å². The molecule has 1 amide bonds. The van der Waals surface area contributed by atoms with E-state index in [0.29, 0.717) is 24.8 Å². The van der Waals surface area contributed by atoms with E-state index in [2.05, 4.69) is 0 Å². The molecule has 0 bridgehead atoms. The third-order valence-electron chi connectivity index (χ3n) is 5.40. The Labute approximate surface area is 147 Å². The fourth-order valence-electron chi connectivity index (χ4n) is 3.11. The molecule has 1 unspecified atom stereocenters. The highest BCUT2D eigenvalue weighted by Crippen LogP contribution is 2.36. The second kappa shape index (κ2) is 6.36. The SMILES string of the molecule is CC1(C)OB(c2ccc(C(=O)N3CCCC(F)C3)c(F)c2)OC1(C)C. The van der Waals surface area contributed by atoms with Crippen LogP contribution in [0.4, 0.5) is 8.78 Å². The zero-order chi connectivity index (χ0) is 18.4. The zero-order valence-electron chi connectivity index (χ0n) is 15.1. The van der Waals surface area contributed by atoms with Gasteiger partial charge in [0.05, 0.1) is 23.3 Å². The highest BCUT2D eigenvalue weighted by Gasteiger charge is 2.51. The summed E-state index contributed by atoms with van der Waals surface area (Å²) in [5.41, 5.74) is -0.567. The van der Waals surface area contributed by atoms with Gasteiger partial charge in [0, 0.05) is 6.54 Å². The van der Waals surface area contributed by atoms with Crippen LogP contribution in [0.3, 0.4) is 0 Å². The Morgan fingerprint density at radius 1 is 1.24 bits per heavy atom. The van der Waals surface area contributed by atoms with Gasteiger partial charge in [0.1, 0.15) is 12.0 Å². The number of alkyl halides is 1. The van der Waals surface area contributed by atoms with Gasteiger partial charge in [-0.3, -0.25) is 4.79 Å². The molecule has 0 aromatic heterocycles. The third-order valence-corrected chi connectivity index (χ3v) is 5.40. The maximum Gasteiger partial charge on any atom is 0.494 e. The number of carbonyl (C=O) groups is 1. The first-order chi connectivity index (χ1) is 11.6. The molecule has 4 nitrogen and oxygen atoms in total. The molecule has 0 radical (unpaired) electrons. The minimum atomic E-state index is -1.04. The van der Waals surface area contributed by atoms with Gasteiger partial charge in [-0.2, -0.15) is 0 Å². The van der Waals surface area contributed by atoms with Crippen LogP contribution >= 0.6 is 0 Å². The number of carbonyl (C=O) groups excluding carboxylic acids is 1. The van der Waals surface area contributed by atoms with Crippen molar-refractivity contribution in [3.8, 4) is 0 Å². The Kier molecular flexibility index (Phi) is 4.66. The van der Waals surface area contributed by atoms with Gasteiger partial charge in [0.15, 0.2) is 0 Å². The number of halogens is 2. The molecule has 0 aliphatic carbocycles. The summed E-state index contributed by atoms with van der Waals surface area (Å²) in [6.07, 6.45) is 0.0120. The molecule has 2 aliphatic rings. The molecule has 0 spiro atoms. The first kappa shape index (κ1) is 18.3. The quantitative estimate of drug-likeness (QED) is 0.769. The van der Waals surface area contributed by atoms with Crippen LogP contribution in [0, 0.1) is 5.82 Å². The smallest absolute Gasteiger partial charge is 0.399 e. The van der Waals surface area contributed by atoms with Crippen LogP contribution in [-0.2, 0) is 9.31 Å². The first-order valence-electron chi connectivity index (χ1n) is 8.69. The van der Waals surface area contributed by atoms with E-state index in [4.69, 9.17) is 9.31 Å². The Morgan fingerprint density at radius 2 is 1.88 bits per heavy atom. The van der Waals surface area contributed by atoms with Gasteiger partial charge in [0.2, 0.25) is 0 Å². The second-order valence-electron chi connectivity index (χ2n) is 7.82. The third kappa shape index (κ3) is 3.44. The molecule has 2 heterocycles. The summed E-state index contributed by atoms with van der Waals surface area (Å²) in [5, 5.41) is 0. The minimum Gasteiger partial charge on any atom is -0.399 e. The van der Waals surface area contributed by atoms with Crippen molar-refractivity contribution < 1.29 is 22.9 Å². The highest BCUT2D eigenvalue weighted by molar-refractivity contribution is 6.62. The molecule has 1 aromatic rings. The number of piperidine rings is 1. The van der Waals surface area contributed by atoms with Gasteiger partial charge < -0.3 is 14.2 Å². The summed E-state index contributed by atoms with van der Waals surface area (Å²) < 4.78 is 39.8. The van der Waals surface area contributed by atoms with Crippen molar-refractivity contribution in [3.05, 3.63) is 29.6 Å². The number of benzene rings is 1. The highest BCUT2D eigenvalue weighted by atomic mass is 19.1. The lowest BCUT2D eigenvalue weighted by Gasteiger charge is -2.32. The molecular weight excluding hydrogens is 327 g/mol. The fourth-order valence-corrected chi connectivity index (χ4v) is 3.11. The van der Waals surface area contributed by atoms with Crippen molar-refractivity contribution in [2.45, 2.75) is 57.9 Å². The van der Waals surface area contributed by atoms with Gasteiger partial charge >= 0.3 is 7.12 Å². The van der Waals surface area contributed by atoms with Crippen molar-refractivity contribution >= 4 is 18.5 Å². The zero-order valence-corrected chi connectivity index (χ0v) is 15.1. The molecule has 0 saturated carbocycles. The van der Waals surface area contributed by atoms with Gasteiger partial charge in [-0.15, -0.1) is 0 Å². The average Bonchev–Trinajstić information content (AvgIpc) is 2.75. The van der Waals surface area contributed by atoms with Crippen molar-refractivity contribution in [3.63, 3.8) is 0 Å². The van der Waals surface area contributed by atoms with Gasteiger partial charge in [0.25, 0.3) is 5.91 Å². The van der Waals surface area contributed by atoms with E-state index in [9.17, 15) is 13.6 Å². The number of amides is 1. The van der Waals surface area contributed by atoms with Crippen LogP contribution < -0.4 is 5.46 Å². The molecule has 7 heteroatoms. The van der Waals surface area contributed by atoms with Crippen LogP contribution in [0.5, 0.6) is 0 Å². The second-order valence-corrected chi connectivity index (χ2v) is 7.82. The lowest BCUT2D eigenvalue weighted by molar-refractivity contribution is 0.00578. The molecular formula is C18H24BF2NO3. The van der Waals surface area contributed by atoms with Gasteiger partial charge in [-0.25, -0.2) is 8.78 Å². The topological polar surface area (TPSA) is 38.8 Å². The predicted molar refractivity (Wildman–Crippen MR) is 92.1 cm³/mol. The Hall–Kier alpha value is -1.47. The fraction of sp³-hybridized carbons (Fsp3) is 0.611. The normalized spacial score (nSPS) is 25.3. The standard InChI is InChI=1S/C18H24BF2NO3/c1-17(2)18(3,4)25-19(24-17)12-7-8-14(15(21)10-12)16(23)22-9-5-6-13(20)11-22/h7-8,10,13H,5-6,9,11H2,1-4H3. The lowest BCUT2D eigenvalue weighted by atomic mass is 9.78. The van der Waals surface area contributed by atoms with Gasteiger partial charge in [-0.1, -0.05) is 6.07 Å². The van der Waals surface area contributed by atoms with Crippen LogP contribution in [0.2, 0.25) is 0 Å². The molecule has 2 saturated heterocycles. The summed E-state index contributed by atoms with van der Waals surface area (Å²) in [7, 11) is -0.686. The number of hydrogen-bond donors (Lipinski definition) is 0. The average molecular weight is 351 g/mol. The van der Waals surface area contributed by atoms with E-state index in [0.717, 1.165) is 0 Å². The Morgan fingerprint density at radius 3 is 2.44 bits per heavy atom. The Bertz CT molecular complexity index is 664. The largest absolute Gasteiger partial charge is 0.494 e. The van der Waals surface area contributed by atoms with Crippen molar-refractivity contribution in [1.82, 2.24) is 4.90 Å². The van der Waals surface area contributed by atoms with Crippen LogP contribution in [-0.4, -0.2) is 48.4 Å². The summed E-state index contributed by atoms with van der Waals surface area (Å²) in [6.45, 7) is 8.17. The van der Waals surface area contributed by atoms with Crippen molar-refractivity contribution in [2.24, 2.45) is 0 Å². The lowest BCUT2D eigenvalue weighted by Crippen LogP contribution is -2.41. The summed E-state index contributed by atoms with van der Waals surface area (Å²) in [5.74, 6) is -1.11. The molecule has 1 atom stereocenters. The molecule has 3 rings (SSSR count). The minimum absolute atomic E-state index is 0.0251. The van der Waals surface area contributed by atoms with E-state index in [-0.39, 0.29) is 12.1 Å². The first-order valence-corrected chi connectivity index (χ1v) is 8.69.